The van der Waals surface area contributed by atoms with E-state index in [2.05, 4.69) is 5.32 Å². The highest BCUT2D eigenvalue weighted by molar-refractivity contribution is 7.07. The van der Waals surface area contributed by atoms with E-state index in [1.54, 1.807) is 0 Å². The number of carboxylic acid groups (broad SMARTS) is 1. The van der Waals surface area contributed by atoms with Crippen molar-refractivity contribution in [2.75, 3.05) is 0 Å². The maximum atomic E-state index is 11.9. The van der Waals surface area contributed by atoms with Gasteiger partial charge in [0.2, 0.25) is 5.91 Å². The highest BCUT2D eigenvalue weighted by Gasteiger charge is 2.19. The summed E-state index contributed by atoms with van der Waals surface area (Å²) in [4.78, 5) is 23.1. The minimum atomic E-state index is -0.996. The summed E-state index contributed by atoms with van der Waals surface area (Å²) in [6.45, 7) is 0. The smallest absolute Gasteiger partial charge is 0.326 e. The molecule has 110 valence electrons. The van der Waals surface area contributed by atoms with Gasteiger partial charge in [0.05, 0.1) is 6.42 Å². The third-order valence-electron chi connectivity index (χ3n) is 3.14. The lowest BCUT2D eigenvalue weighted by Crippen LogP contribution is -2.41. The van der Waals surface area contributed by atoms with E-state index < -0.39 is 12.0 Å². The monoisotopic (exact) mass is 303 g/mol. The number of hydrogen-bond acceptors (Lipinski definition) is 3. The molecule has 0 aliphatic rings. The second-order valence-electron chi connectivity index (χ2n) is 4.79. The van der Waals surface area contributed by atoms with Crippen LogP contribution in [-0.4, -0.2) is 23.0 Å². The number of benzene rings is 1. The summed E-state index contributed by atoms with van der Waals surface area (Å²) in [6, 6.07) is 10.7. The first-order valence-corrected chi connectivity index (χ1v) is 7.66. The van der Waals surface area contributed by atoms with E-state index in [1.807, 2.05) is 47.2 Å². The summed E-state index contributed by atoms with van der Waals surface area (Å²) in [5, 5.41) is 15.6. The molecular formula is C16H17NO3S. The number of carbonyl (C=O) groups excluding carboxylic acids is 1. The number of hydrogen-bond donors (Lipinski definition) is 2. The molecule has 21 heavy (non-hydrogen) atoms. The van der Waals surface area contributed by atoms with Crippen molar-refractivity contribution in [2.24, 2.45) is 0 Å². The number of nitrogens with one attached hydrogen (secondary N) is 1. The van der Waals surface area contributed by atoms with Gasteiger partial charge in [-0.1, -0.05) is 30.3 Å². The molecule has 1 aromatic carbocycles. The number of aliphatic carboxylic acids is 1. The molecule has 1 aromatic heterocycles. The maximum absolute atomic E-state index is 11.9. The Bertz CT molecular complexity index is 581. The zero-order valence-corrected chi connectivity index (χ0v) is 12.3. The van der Waals surface area contributed by atoms with Crippen LogP contribution in [0, 0.1) is 0 Å². The van der Waals surface area contributed by atoms with Gasteiger partial charge in [-0.15, -0.1) is 0 Å². The summed E-state index contributed by atoms with van der Waals surface area (Å²) in [6.07, 6.45) is 1.23. The zero-order chi connectivity index (χ0) is 15.1. The maximum Gasteiger partial charge on any atom is 0.326 e. The summed E-state index contributed by atoms with van der Waals surface area (Å²) in [5.41, 5.74) is 1.97. The summed E-state index contributed by atoms with van der Waals surface area (Å²) in [7, 11) is 0. The molecule has 1 heterocycles. The molecule has 0 radical (unpaired) electrons. The molecule has 0 saturated carbocycles. The number of rotatable bonds is 7. The Morgan fingerprint density at radius 3 is 2.52 bits per heavy atom. The second-order valence-corrected chi connectivity index (χ2v) is 5.57. The van der Waals surface area contributed by atoms with Crippen LogP contribution >= 0.6 is 11.3 Å². The van der Waals surface area contributed by atoms with Gasteiger partial charge in [0.1, 0.15) is 6.04 Å². The largest absolute Gasteiger partial charge is 0.480 e. The van der Waals surface area contributed by atoms with Gasteiger partial charge in [0.25, 0.3) is 0 Å². The molecule has 0 aliphatic carbocycles. The first-order valence-electron chi connectivity index (χ1n) is 6.72. The number of carboxylic acids is 1. The lowest BCUT2D eigenvalue weighted by atomic mass is 10.0. The van der Waals surface area contributed by atoms with Crippen LogP contribution in [-0.2, 0) is 22.4 Å². The molecule has 1 atom stereocenters. The Morgan fingerprint density at radius 2 is 1.90 bits per heavy atom. The van der Waals surface area contributed by atoms with Gasteiger partial charge < -0.3 is 10.4 Å². The molecule has 2 aromatic rings. The van der Waals surface area contributed by atoms with Crippen molar-refractivity contribution in [3.63, 3.8) is 0 Å². The van der Waals surface area contributed by atoms with Crippen LogP contribution in [0.1, 0.15) is 17.5 Å². The van der Waals surface area contributed by atoms with Gasteiger partial charge in [0, 0.05) is 0 Å². The third-order valence-corrected chi connectivity index (χ3v) is 3.87. The van der Waals surface area contributed by atoms with E-state index in [4.69, 9.17) is 0 Å². The van der Waals surface area contributed by atoms with Crippen LogP contribution in [0.2, 0.25) is 0 Å². The molecule has 1 amide bonds. The molecule has 0 saturated heterocycles. The van der Waals surface area contributed by atoms with Gasteiger partial charge in [-0.3, -0.25) is 4.79 Å². The van der Waals surface area contributed by atoms with Crippen molar-refractivity contribution in [3.8, 4) is 0 Å². The Labute approximate surface area is 127 Å². The average Bonchev–Trinajstić information content (AvgIpc) is 2.97. The molecule has 0 fully saturated rings. The molecule has 5 heteroatoms. The first-order chi connectivity index (χ1) is 10.1. The van der Waals surface area contributed by atoms with Crippen LogP contribution < -0.4 is 5.32 Å². The van der Waals surface area contributed by atoms with Crippen LogP contribution in [0.5, 0.6) is 0 Å². The van der Waals surface area contributed by atoms with Crippen LogP contribution in [0.25, 0.3) is 0 Å². The second kappa shape index (κ2) is 7.59. The minimum absolute atomic E-state index is 0.221. The van der Waals surface area contributed by atoms with Crippen molar-refractivity contribution < 1.29 is 14.7 Å². The van der Waals surface area contributed by atoms with E-state index in [1.165, 1.54) is 11.3 Å². The van der Waals surface area contributed by atoms with Gasteiger partial charge in [-0.2, -0.15) is 11.3 Å². The molecule has 4 nitrogen and oxygen atoms in total. The fourth-order valence-electron chi connectivity index (χ4n) is 2.04. The van der Waals surface area contributed by atoms with Crippen molar-refractivity contribution in [1.82, 2.24) is 5.32 Å². The fraction of sp³-hybridized carbons (Fsp3) is 0.250. The average molecular weight is 303 g/mol. The van der Waals surface area contributed by atoms with Gasteiger partial charge in [-0.25, -0.2) is 4.79 Å². The molecule has 0 bridgehead atoms. The van der Waals surface area contributed by atoms with Crippen LogP contribution in [0.15, 0.2) is 47.2 Å². The topological polar surface area (TPSA) is 66.4 Å². The van der Waals surface area contributed by atoms with E-state index >= 15 is 0 Å². The van der Waals surface area contributed by atoms with E-state index in [0.29, 0.717) is 12.8 Å². The predicted molar refractivity (Wildman–Crippen MR) is 82.4 cm³/mol. The predicted octanol–water partition coefficient (Wildman–Crippen LogP) is 2.49. The molecule has 2 rings (SSSR count). The van der Waals surface area contributed by atoms with Crippen molar-refractivity contribution in [2.45, 2.75) is 25.3 Å². The first kappa shape index (κ1) is 15.3. The third kappa shape index (κ3) is 5.04. The number of aryl methyl sites for hydroxylation is 1. The Kier molecular flexibility index (Phi) is 5.51. The van der Waals surface area contributed by atoms with Crippen molar-refractivity contribution in [3.05, 3.63) is 58.3 Å². The molecule has 0 aliphatic heterocycles. The number of thiophene rings is 1. The van der Waals surface area contributed by atoms with Crippen molar-refractivity contribution in [1.29, 1.82) is 0 Å². The highest BCUT2D eigenvalue weighted by atomic mass is 32.1. The summed E-state index contributed by atoms with van der Waals surface area (Å²) >= 11 is 1.52. The van der Waals surface area contributed by atoms with Crippen LogP contribution in [0.4, 0.5) is 0 Å². The standard InChI is InChI=1S/C16H17NO3S/c18-15(10-13-8-9-21-11-13)17-14(16(19)20)7-6-12-4-2-1-3-5-12/h1-5,8-9,11,14H,6-7,10H2,(H,17,18)(H,19,20). The summed E-state index contributed by atoms with van der Waals surface area (Å²) < 4.78 is 0. The normalized spacial score (nSPS) is 11.8. The molecular weight excluding hydrogens is 286 g/mol. The Morgan fingerprint density at radius 1 is 1.14 bits per heavy atom. The van der Waals surface area contributed by atoms with Gasteiger partial charge in [0.15, 0.2) is 0 Å². The van der Waals surface area contributed by atoms with E-state index in [0.717, 1.165) is 11.1 Å². The Balaban J connectivity index is 1.87. The van der Waals surface area contributed by atoms with Crippen molar-refractivity contribution >= 4 is 23.2 Å². The van der Waals surface area contributed by atoms with Gasteiger partial charge in [-0.05, 0) is 40.8 Å². The molecule has 1 unspecified atom stereocenters. The van der Waals surface area contributed by atoms with Gasteiger partial charge >= 0.3 is 5.97 Å². The van der Waals surface area contributed by atoms with E-state index in [-0.39, 0.29) is 12.3 Å². The number of carbonyl (C=O) groups is 2. The van der Waals surface area contributed by atoms with E-state index in [9.17, 15) is 14.7 Å². The molecule has 2 N–H and O–H groups in total. The Hall–Kier alpha value is -2.14. The lowest BCUT2D eigenvalue weighted by molar-refractivity contribution is -0.141. The van der Waals surface area contributed by atoms with Crippen LogP contribution in [0.3, 0.4) is 0 Å². The molecule has 0 spiro atoms. The zero-order valence-electron chi connectivity index (χ0n) is 11.5. The fourth-order valence-corrected chi connectivity index (χ4v) is 2.71. The SMILES string of the molecule is O=C(Cc1ccsc1)NC(CCc1ccccc1)C(=O)O. The summed E-state index contributed by atoms with van der Waals surface area (Å²) in [5.74, 6) is -1.25. The quantitative estimate of drug-likeness (QED) is 0.826. The number of amides is 1. The lowest BCUT2D eigenvalue weighted by Gasteiger charge is -2.14. The minimum Gasteiger partial charge on any atom is -0.480 e. The highest BCUT2D eigenvalue weighted by Crippen LogP contribution is 2.08.